The Bertz CT molecular complexity index is 877. The number of rotatable bonds is 3. The summed E-state index contributed by atoms with van der Waals surface area (Å²) < 4.78 is 13.0. The Morgan fingerprint density at radius 3 is 2.67 bits per heavy atom. The summed E-state index contributed by atoms with van der Waals surface area (Å²) in [6.07, 6.45) is 3.30. The molecule has 3 aromatic heterocycles. The SMILES string of the molecule is Clc1ccc2c(c1)nc(-c1ccco1)n2Cc1ccco1. The Balaban J connectivity index is 1.94. The van der Waals surface area contributed by atoms with Crippen LogP contribution < -0.4 is 0 Å². The maximum atomic E-state index is 6.06. The first-order valence-electron chi connectivity index (χ1n) is 6.53. The molecule has 0 saturated heterocycles. The second kappa shape index (κ2) is 4.82. The minimum atomic E-state index is 0.584. The van der Waals surface area contributed by atoms with Crippen LogP contribution >= 0.6 is 11.6 Å². The van der Waals surface area contributed by atoms with Gasteiger partial charge in [0.25, 0.3) is 0 Å². The van der Waals surface area contributed by atoms with E-state index < -0.39 is 0 Å². The Hall–Kier alpha value is -2.46. The van der Waals surface area contributed by atoms with Gasteiger partial charge in [-0.15, -0.1) is 0 Å². The number of fused-ring (bicyclic) bond motifs is 1. The van der Waals surface area contributed by atoms with Crippen molar-refractivity contribution in [2.75, 3.05) is 0 Å². The number of aromatic nitrogens is 2. The van der Waals surface area contributed by atoms with Crippen LogP contribution in [0, 0.1) is 0 Å². The molecule has 104 valence electrons. The Kier molecular flexibility index (Phi) is 2.82. The second-order valence-corrected chi connectivity index (χ2v) is 5.15. The monoisotopic (exact) mass is 298 g/mol. The maximum absolute atomic E-state index is 6.06. The van der Waals surface area contributed by atoms with Crippen molar-refractivity contribution >= 4 is 22.6 Å². The number of furan rings is 2. The van der Waals surface area contributed by atoms with Crippen LogP contribution in [0.1, 0.15) is 5.76 Å². The van der Waals surface area contributed by atoms with E-state index in [9.17, 15) is 0 Å². The van der Waals surface area contributed by atoms with Gasteiger partial charge in [0.1, 0.15) is 5.76 Å². The molecule has 3 heterocycles. The fourth-order valence-corrected chi connectivity index (χ4v) is 2.58. The topological polar surface area (TPSA) is 44.1 Å². The van der Waals surface area contributed by atoms with Crippen LogP contribution in [0.2, 0.25) is 5.02 Å². The number of hydrogen-bond donors (Lipinski definition) is 0. The quantitative estimate of drug-likeness (QED) is 0.555. The molecule has 0 saturated carbocycles. The number of halogens is 1. The van der Waals surface area contributed by atoms with Crippen LogP contribution in [-0.2, 0) is 6.54 Å². The van der Waals surface area contributed by atoms with E-state index in [4.69, 9.17) is 20.4 Å². The number of benzene rings is 1. The number of imidazole rings is 1. The molecular formula is C16H11ClN2O2. The van der Waals surface area contributed by atoms with Gasteiger partial charge in [0.2, 0.25) is 0 Å². The standard InChI is InChI=1S/C16H11ClN2O2/c17-11-5-6-14-13(9-11)18-16(15-4-2-8-21-15)19(14)10-12-3-1-7-20-12/h1-9H,10H2. The normalized spacial score (nSPS) is 11.3. The van der Waals surface area contributed by atoms with Crippen LogP contribution in [0.25, 0.3) is 22.6 Å². The zero-order chi connectivity index (χ0) is 14.2. The van der Waals surface area contributed by atoms with E-state index in [0.29, 0.717) is 17.3 Å². The van der Waals surface area contributed by atoms with Crippen molar-refractivity contribution in [2.24, 2.45) is 0 Å². The van der Waals surface area contributed by atoms with E-state index in [1.807, 2.05) is 42.5 Å². The molecule has 4 aromatic rings. The van der Waals surface area contributed by atoms with Gasteiger partial charge in [-0.2, -0.15) is 0 Å². The molecule has 5 heteroatoms. The predicted octanol–water partition coefficient (Wildman–Crippen LogP) is 4.59. The summed E-state index contributed by atoms with van der Waals surface area (Å²) in [4.78, 5) is 4.64. The molecule has 4 rings (SSSR count). The molecule has 4 nitrogen and oxygen atoms in total. The maximum Gasteiger partial charge on any atom is 0.177 e. The first-order valence-corrected chi connectivity index (χ1v) is 6.91. The summed E-state index contributed by atoms with van der Waals surface area (Å²) in [6.45, 7) is 0.584. The largest absolute Gasteiger partial charge is 0.467 e. The molecule has 0 fully saturated rings. The molecule has 0 amide bonds. The summed E-state index contributed by atoms with van der Waals surface area (Å²) in [5, 5.41) is 0.663. The Morgan fingerprint density at radius 1 is 1.05 bits per heavy atom. The molecule has 0 aliphatic heterocycles. The highest BCUT2D eigenvalue weighted by Gasteiger charge is 2.16. The molecule has 0 bridgehead atoms. The van der Waals surface area contributed by atoms with Crippen molar-refractivity contribution < 1.29 is 8.83 Å². The summed E-state index contributed by atoms with van der Waals surface area (Å²) in [5.74, 6) is 2.33. The van der Waals surface area contributed by atoms with Crippen molar-refractivity contribution in [3.05, 3.63) is 65.8 Å². The van der Waals surface area contributed by atoms with Gasteiger partial charge in [0, 0.05) is 5.02 Å². The van der Waals surface area contributed by atoms with Gasteiger partial charge in [-0.1, -0.05) is 11.6 Å². The van der Waals surface area contributed by atoms with E-state index in [0.717, 1.165) is 22.6 Å². The van der Waals surface area contributed by atoms with Gasteiger partial charge in [0.05, 0.1) is 30.1 Å². The molecule has 0 N–H and O–H groups in total. The van der Waals surface area contributed by atoms with Gasteiger partial charge >= 0.3 is 0 Å². The number of nitrogens with zero attached hydrogens (tertiary/aromatic N) is 2. The molecular weight excluding hydrogens is 288 g/mol. The van der Waals surface area contributed by atoms with Crippen molar-refractivity contribution in [1.82, 2.24) is 9.55 Å². The third-order valence-electron chi connectivity index (χ3n) is 3.35. The minimum absolute atomic E-state index is 0.584. The lowest BCUT2D eigenvalue weighted by molar-refractivity contribution is 0.494. The van der Waals surface area contributed by atoms with Crippen LogP contribution in [0.3, 0.4) is 0 Å². The van der Waals surface area contributed by atoms with E-state index in [1.54, 1.807) is 12.5 Å². The summed E-state index contributed by atoms with van der Waals surface area (Å²) >= 11 is 6.06. The smallest absolute Gasteiger partial charge is 0.177 e. The average molecular weight is 299 g/mol. The van der Waals surface area contributed by atoms with Crippen LogP contribution in [-0.4, -0.2) is 9.55 Å². The lowest BCUT2D eigenvalue weighted by atomic mass is 10.3. The minimum Gasteiger partial charge on any atom is -0.467 e. The number of hydrogen-bond acceptors (Lipinski definition) is 3. The highest BCUT2D eigenvalue weighted by molar-refractivity contribution is 6.31. The first kappa shape index (κ1) is 12.3. The second-order valence-electron chi connectivity index (χ2n) is 4.71. The van der Waals surface area contributed by atoms with Gasteiger partial charge in [0.15, 0.2) is 11.6 Å². The predicted molar refractivity (Wildman–Crippen MR) is 80.3 cm³/mol. The third-order valence-corrected chi connectivity index (χ3v) is 3.58. The molecule has 21 heavy (non-hydrogen) atoms. The Labute approximate surface area is 125 Å². The summed E-state index contributed by atoms with van der Waals surface area (Å²) in [6, 6.07) is 13.2. The molecule has 0 spiro atoms. The first-order chi connectivity index (χ1) is 10.3. The average Bonchev–Trinajstić information content (AvgIpc) is 3.19. The summed E-state index contributed by atoms with van der Waals surface area (Å²) in [5.41, 5.74) is 1.82. The van der Waals surface area contributed by atoms with Crippen LogP contribution in [0.5, 0.6) is 0 Å². The van der Waals surface area contributed by atoms with E-state index in [2.05, 4.69) is 9.55 Å². The van der Waals surface area contributed by atoms with Gasteiger partial charge in [-0.3, -0.25) is 0 Å². The Morgan fingerprint density at radius 2 is 1.90 bits per heavy atom. The molecule has 0 aliphatic rings. The van der Waals surface area contributed by atoms with Crippen molar-refractivity contribution in [1.29, 1.82) is 0 Å². The fraction of sp³-hybridized carbons (Fsp3) is 0.0625. The molecule has 0 aliphatic carbocycles. The molecule has 0 radical (unpaired) electrons. The summed E-state index contributed by atoms with van der Waals surface area (Å²) in [7, 11) is 0. The highest BCUT2D eigenvalue weighted by atomic mass is 35.5. The van der Waals surface area contributed by atoms with Gasteiger partial charge in [-0.05, 0) is 42.5 Å². The van der Waals surface area contributed by atoms with E-state index in [-0.39, 0.29) is 0 Å². The van der Waals surface area contributed by atoms with Crippen LogP contribution in [0.15, 0.2) is 63.8 Å². The van der Waals surface area contributed by atoms with E-state index in [1.165, 1.54) is 0 Å². The van der Waals surface area contributed by atoms with Gasteiger partial charge < -0.3 is 13.4 Å². The molecule has 1 aromatic carbocycles. The lowest BCUT2D eigenvalue weighted by Gasteiger charge is -2.05. The fourth-order valence-electron chi connectivity index (χ4n) is 2.42. The van der Waals surface area contributed by atoms with Crippen molar-refractivity contribution in [3.8, 4) is 11.6 Å². The zero-order valence-electron chi connectivity index (χ0n) is 11.0. The third kappa shape index (κ3) is 2.14. The molecule has 0 atom stereocenters. The van der Waals surface area contributed by atoms with E-state index >= 15 is 0 Å². The van der Waals surface area contributed by atoms with Crippen LogP contribution in [0.4, 0.5) is 0 Å². The highest BCUT2D eigenvalue weighted by Crippen LogP contribution is 2.28. The lowest BCUT2D eigenvalue weighted by Crippen LogP contribution is -2.00. The zero-order valence-corrected chi connectivity index (χ0v) is 11.7. The van der Waals surface area contributed by atoms with Crippen molar-refractivity contribution in [2.45, 2.75) is 6.54 Å². The van der Waals surface area contributed by atoms with Crippen molar-refractivity contribution in [3.63, 3.8) is 0 Å². The van der Waals surface area contributed by atoms with Gasteiger partial charge in [-0.25, -0.2) is 4.98 Å². The molecule has 0 unspecified atom stereocenters.